The van der Waals surface area contributed by atoms with Crippen LogP contribution in [0.3, 0.4) is 0 Å². The van der Waals surface area contributed by atoms with Gasteiger partial charge in [-0.3, -0.25) is 4.79 Å². The summed E-state index contributed by atoms with van der Waals surface area (Å²) in [6.45, 7) is 1.29. The number of hydrogen-bond donors (Lipinski definition) is 2. The number of carbonyl (C=O) groups excluding carboxylic acids is 1. The molecule has 2 heterocycles. The van der Waals surface area contributed by atoms with Crippen molar-refractivity contribution in [3.05, 3.63) is 11.9 Å². The number of nitrogens with one attached hydrogen (secondary N) is 1. The van der Waals surface area contributed by atoms with Crippen molar-refractivity contribution in [2.75, 3.05) is 13.1 Å². The minimum atomic E-state index is -0.0638. The fraction of sp³-hybridized carbons (Fsp3) is 0.700. The molecule has 0 spiro atoms. The highest BCUT2D eigenvalue weighted by Crippen LogP contribution is 2.17. The molecule has 1 saturated heterocycles. The maximum absolute atomic E-state index is 12.1. The Bertz CT molecular complexity index is 337. The molecule has 0 bridgehead atoms. The first-order valence-corrected chi connectivity index (χ1v) is 5.69. The van der Waals surface area contributed by atoms with Crippen LogP contribution in [0, 0.1) is 0 Å². The van der Waals surface area contributed by atoms with Crippen LogP contribution in [-0.2, 0) is 0 Å². The number of amides is 1. The molecule has 1 atom stereocenters. The molecule has 6 nitrogen and oxygen atoms in total. The molecule has 3 N–H and O–H groups in total. The molecule has 0 aliphatic carbocycles. The van der Waals surface area contributed by atoms with Gasteiger partial charge in [-0.25, -0.2) is 0 Å². The zero-order valence-corrected chi connectivity index (χ0v) is 9.22. The molecule has 1 aliphatic heterocycles. The molecule has 1 aromatic heterocycles. The predicted molar refractivity (Wildman–Crippen MR) is 58.7 cm³/mol. The normalized spacial score (nSPS) is 21.8. The molecule has 1 unspecified atom stereocenters. The second kappa shape index (κ2) is 5.07. The SMILES string of the molecule is NCC1CCCCCN1C(=O)c1cn[nH]n1. The minimum absolute atomic E-state index is 0.0638. The van der Waals surface area contributed by atoms with E-state index in [1.807, 2.05) is 4.90 Å². The lowest BCUT2D eigenvalue weighted by Gasteiger charge is -2.28. The van der Waals surface area contributed by atoms with Gasteiger partial charge < -0.3 is 10.6 Å². The molecule has 0 aromatic carbocycles. The van der Waals surface area contributed by atoms with E-state index in [1.54, 1.807) is 0 Å². The largest absolute Gasteiger partial charge is 0.333 e. The van der Waals surface area contributed by atoms with Crippen LogP contribution in [0.25, 0.3) is 0 Å². The summed E-state index contributed by atoms with van der Waals surface area (Å²) in [5.74, 6) is -0.0638. The van der Waals surface area contributed by atoms with Crippen LogP contribution in [0.2, 0.25) is 0 Å². The standard InChI is InChI=1S/C10H17N5O/c11-6-8-4-2-1-3-5-15(8)10(16)9-7-12-14-13-9/h7-8H,1-6,11H2,(H,12,13,14). The topological polar surface area (TPSA) is 87.9 Å². The van der Waals surface area contributed by atoms with Crippen LogP contribution in [-0.4, -0.2) is 45.3 Å². The number of aromatic nitrogens is 3. The Kier molecular flexibility index (Phi) is 3.51. The third kappa shape index (κ3) is 2.21. The number of nitrogens with two attached hydrogens (primary N) is 1. The van der Waals surface area contributed by atoms with E-state index < -0.39 is 0 Å². The van der Waals surface area contributed by atoms with Crippen LogP contribution in [0.1, 0.15) is 36.2 Å². The Morgan fingerprint density at radius 1 is 1.56 bits per heavy atom. The van der Waals surface area contributed by atoms with Crippen molar-refractivity contribution in [2.24, 2.45) is 5.73 Å². The quantitative estimate of drug-likeness (QED) is 0.747. The van der Waals surface area contributed by atoms with Crippen molar-refractivity contribution < 1.29 is 4.79 Å². The third-order valence-electron chi connectivity index (χ3n) is 3.04. The summed E-state index contributed by atoms with van der Waals surface area (Å²) in [6, 6.07) is 0.145. The smallest absolute Gasteiger partial charge is 0.276 e. The average Bonchev–Trinajstić information content (AvgIpc) is 2.73. The van der Waals surface area contributed by atoms with Gasteiger partial charge in [0.1, 0.15) is 0 Å². The summed E-state index contributed by atoms with van der Waals surface area (Å²) >= 11 is 0. The van der Waals surface area contributed by atoms with Gasteiger partial charge in [0, 0.05) is 19.1 Å². The van der Waals surface area contributed by atoms with Gasteiger partial charge in [-0.15, -0.1) is 0 Å². The van der Waals surface area contributed by atoms with E-state index >= 15 is 0 Å². The van der Waals surface area contributed by atoms with Gasteiger partial charge in [0.25, 0.3) is 5.91 Å². The summed E-state index contributed by atoms with van der Waals surface area (Å²) in [7, 11) is 0. The van der Waals surface area contributed by atoms with Crippen LogP contribution >= 0.6 is 0 Å². The Balaban J connectivity index is 2.13. The van der Waals surface area contributed by atoms with E-state index in [0.717, 1.165) is 25.8 Å². The first kappa shape index (κ1) is 11.1. The van der Waals surface area contributed by atoms with Gasteiger partial charge in [0.05, 0.1) is 6.20 Å². The highest BCUT2D eigenvalue weighted by molar-refractivity contribution is 5.92. The molecule has 6 heteroatoms. The summed E-state index contributed by atoms with van der Waals surface area (Å²) < 4.78 is 0. The fourth-order valence-corrected chi connectivity index (χ4v) is 2.14. The first-order chi connectivity index (χ1) is 7.83. The van der Waals surface area contributed by atoms with E-state index in [2.05, 4.69) is 15.4 Å². The van der Waals surface area contributed by atoms with Gasteiger partial charge in [-0.1, -0.05) is 12.8 Å². The number of hydrogen-bond acceptors (Lipinski definition) is 4. The third-order valence-corrected chi connectivity index (χ3v) is 3.04. The van der Waals surface area contributed by atoms with E-state index in [4.69, 9.17) is 5.73 Å². The lowest BCUT2D eigenvalue weighted by atomic mass is 10.1. The second-order valence-corrected chi connectivity index (χ2v) is 4.09. The van der Waals surface area contributed by atoms with Gasteiger partial charge in [0.2, 0.25) is 0 Å². The highest BCUT2D eigenvalue weighted by Gasteiger charge is 2.26. The molecule has 1 amide bonds. The van der Waals surface area contributed by atoms with E-state index in [-0.39, 0.29) is 11.9 Å². The van der Waals surface area contributed by atoms with Crippen LogP contribution in [0.5, 0.6) is 0 Å². The fourth-order valence-electron chi connectivity index (χ4n) is 2.14. The number of nitrogens with zero attached hydrogens (tertiary/aromatic N) is 3. The van der Waals surface area contributed by atoms with Gasteiger partial charge >= 0.3 is 0 Å². The molecule has 1 fully saturated rings. The van der Waals surface area contributed by atoms with Gasteiger partial charge in [-0.2, -0.15) is 15.4 Å². The van der Waals surface area contributed by atoms with E-state index in [1.165, 1.54) is 12.6 Å². The molecule has 1 aliphatic rings. The van der Waals surface area contributed by atoms with E-state index in [0.29, 0.717) is 12.2 Å². The Morgan fingerprint density at radius 2 is 2.44 bits per heavy atom. The molecule has 0 saturated carbocycles. The number of H-pyrrole nitrogens is 1. The monoisotopic (exact) mass is 223 g/mol. The van der Waals surface area contributed by atoms with Crippen molar-refractivity contribution in [1.82, 2.24) is 20.3 Å². The second-order valence-electron chi connectivity index (χ2n) is 4.09. The zero-order valence-electron chi connectivity index (χ0n) is 9.22. The predicted octanol–water partition coefficient (Wildman–Crippen LogP) is 0.148. The Labute approximate surface area is 94.2 Å². The molecular weight excluding hydrogens is 206 g/mol. The van der Waals surface area contributed by atoms with Gasteiger partial charge in [0.15, 0.2) is 5.69 Å². The molecule has 88 valence electrons. The minimum Gasteiger partial charge on any atom is -0.333 e. The number of rotatable bonds is 2. The average molecular weight is 223 g/mol. The summed E-state index contributed by atoms with van der Waals surface area (Å²) in [5, 5.41) is 9.94. The van der Waals surface area contributed by atoms with Crippen molar-refractivity contribution in [2.45, 2.75) is 31.7 Å². The summed E-state index contributed by atoms with van der Waals surface area (Å²) in [4.78, 5) is 14.0. The molecular formula is C10H17N5O. The summed E-state index contributed by atoms with van der Waals surface area (Å²) in [5.41, 5.74) is 6.09. The van der Waals surface area contributed by atoms with Crippen LogP contribution in [0.4, 0.5) is 0 Å². The van der Waals surface area contributed by atoms with E-state index in [9.17, 15) is 4.79 Å². The van der Waals surface area contributed by atoms with Gasteiger partial charge in [-0.05, 0) is 12.8 Å². The Hall–Kier alpha value is -1.43. The maximum atomic E-state index is 12.1. The maximum Gasteiger partial charge on any atom is 0.276 e. The zero-order chi connectivity index (χ0) is 11.4. The van der Waals surface area contributed by atoms with Crippen molar-refractivity contribution in [3.8, 4) is 0 Å². The Morgan fingerprint density at radius 3 is 3.12 bits per heavy atom. The van der Waals surface area contributed by atoms with Crippen molar-refractivity contribution in [3.63, 3.8) is 0 Å². The number of carbonyl (C=O) groups is 1. The molecule has 16 heavy (non-hydrogen) atoms. The van der Waals surface area contributed by atoms with Crippen LogP contribution < -0.4 is 5.73 Å². The number of likely N-dealkylation sites (tertiary alicyclic amines) is 1. The molecule has 1 aromatic rings. The lowest BCUT2D eigenvalue weighted by Crippen LogP contribution is -2.44. The summed E-state index contributed by atoms with van der Waals surface area (Å²) in [6.07, 6.45) is 5.80. The van der Waals surface area contributed by atoms with Crippen molar-refractivity contribution in [1.29, 1.82) is 0 Å². The highest BCUT2D eigenvalue weighted by atomic mass is 16.2. The molecule has 0 radical (unpaired) electrons. The van der Waals surface area contributed by atoms with Crippen LogP contribution in [0.15, 0.2) is 6.20 Å². The first-order valence-electron chi connectivity index (χ1n) is 5.69. The molecule has 2 rings (SSSR count). The van der Waals surface area contributed by atoms with Crippen molar-refractivity contribution >= 4 is 5.91 Å². The lowest BCUT2D eigenvalue weighted by molar-refractivity contribution is 0.0683. The number of aromatic amines is 1.